The standard InChI is InChI=1S/C15H21ClN2O/c1-10(18-11(2)19)15-9-13(16)3-4-14(15)12-5-7-17-8-6-12/h3-4,9-10,12,17H,5-8H2,1-2H3,(H,18,19). The molecule has 1 heterocycles. The number of halogens is 1. The van der Waals surface area contributed by atoms with Crippen molar-refractivity contribution in [1.82, 2.24) is 10.6 Å². The lowest BCUT2D eigenvalue weighted by molar-refractivity contribution is -0.119. The summed E-state index contributed by atoms with van der Waals surface area (Å²) in [6.07, 6.45) is 2.28. The molecule has 4 heteroatoms. The largest absolute Gasteiger partial charge is 0.350 e. The minimum absolute atomic E-state index is 0.00101. The summed E-state index contributed by atoms with van der Waals surface area (Å²) in [5.74, 6) is 0.550. The second-order valence-electron chi connectivity index (χ2n) is 5.22. The number of carbonyl (C=O) groups is 1. The van der Waals surface area contributed by atoms with Crippen molar-refractivity contribution >= 4 is 17.5 Å². The van der Waals surface area contributed by atoms with Crippen molar-refractivity contribution in [3.05, 3.63) is 34.3 Å². The summed E-state index contributed by atoms with van der Waals surface area (Å²) in [6.45, 7) is 5.67. The fraction of sp³-hybridized carbons (Fsp3) is 0.533. The van der Waals surface area contributed by atoms with E-state index in [0.29, 0.717) is 5.92 Å². The molecular formula is C15H21ClN2O. The van der Waals surface area contributed by atoms with Crippen LogP contribution in [0.3, 0.4) is 0 Å². The van der Waals surface area contributed by atoms with E-state index >= 15 is 0 Å². The number of nitrogens with one attached hydrogen (secondary N) is 2. The Bertz CT molecular complexity index is 455. The molecule has 0 aliphatic carbocycles. The third kappa shape index (κ3) is 3.71. The van der Waals surface area contributed by atoms with Gasteiger partial charge in [0.1, 0.15) is 0 Å². The molecule has 104 valence electrons. The van der Waals surface area contributed by atoms with Crippen LogP contribution in [0.15, 0.2) is 18.2 Å². The van der Waals surface area contributed by atoms with Crippen molar-refractivity contribution in [2.45, 2.75) is 38.6 Å². The summed E-state index contributed by atoms with van der Waals surface area (Å²) >= 11 is 6.11. The van der Waals surface area contributed by atoms with Gasteiger partial charge in [0, 0.05) is 11.9 Å². The van der Waals surface area contributed by atoms with Crippen molar-refractivity contribution in [2.75, 3.05) is 13.1 Å². The van der Waals surface area contributed by atoms with Crippen molar-refractivity contribution in [2.24, 2.45) is 0 Å². The molecule has 0 radical (unpaired) electrons. The number of benzene rings is 1. The lowest BCUT2D eigenvalue weighted by atomic mass is 9.85. The summed E-state index contributed by atoms with van der Waals surface area (Å²) in [7, 11) is 0. The molecule has 1 saturated heterocycles. The highest BCUT2D eigenvalue weighted by Crippen LogP contribution is 2.32. The average Bonchev–Trinajstić information content (AvgIpc) is 2.39. The highest BCUT2D eigenvalue weighted by molar-refractivity contribution is 6.30. The van der Waals surface area contributed by atoms with E-state index in [2.05, 4.69) is 16.7 Å². The lowest BCUT2D eigenvalue weighted by Gasteiger charge is -2.27. The maximum Gasteiger partial charge on any atom is 0.217 e. The molecule has 2 N–H and O–H groups in total. The number of piperidine rings is 1. The van der Waals surface area contributed by atoms with Gasteiger partial charge in [0.15, 0.2) is 0 Å². The van der Waals surface area contributed by atoms with Gasteiger partial charge >= 0.3 is 0 Å². The molecular weight excluding hydrogens is 260 g/mol. The van der Waals surface area contributed by atoms with Crippen molar-refractivity contribution < 1.29 is 4.79 Å². The van der Waals surface area contributed by atoms with Gasteiger partial charge in [-0.1, -0.05) is 17.7 Å². The summed E-state index contributed by atoms with van der Waals surface area (Å²) in [5, 5.41) is 7.06. The predicted octanol–water partition coefficient (Wildman–Crippen LogP) is 3.00. The molecule has 1 aromatic carbocycles. The van der Waals surface area contributed by atoms with Crippen LogP contribution in [-0.4, -0.2) is 19.0 Å². The normalized spacial score (nSPS) is 18.1. The third-order valence-corrected chi connectivity index (χ3v) is 3.95. The van der Waals surface area contributed by atoms with Gasteiger partial charge < -0.3 is 10.6 Å². The van der Waals surface area contributed by atoms with E-state index in [1.807, 2.05) is 19.1 Å². The van der Waals surface area contributed by atoms with Crippen LogP contribution in [0.5, 0.6) is 0 Å². The zero-order valence-electron chi connectivity index (χ0n) is 11.5. The fourth-order valence-corrected chi connectivity index (χ4v) is 2.99. The Balaban J connectivity index is 2.28. The van der Waals surface area contributed by atoms with Gasteiger partial charge in [0.2, 0.25) is 5.91 Å². The Morgan fingerprint density at radius 1 is 1.42 bits per heavy atom. The smallest absolute Gasteiger partial charge is 0.217 e. The molecule has 1 aliphatic rings. The number of hydrogen-bond donors (Lipinski definition) is 2. The molecule has 0 bridgehead atoms. The first-order chi connectivity index (χ1) is 9.08. The van der Waals surface area contributed by atoms with Gasteiger partial charge in [-0.3, -0.25) is 4.79 Å². The summed E-state index contributed by atoms with van der Waals surface area (Å²) < 4.78 is 0. The van der Waals surface area contributed by atoms with Gasteiger partial charge in [-0.15, -0.1) is 0 Å². The maximum atomic E-state index is 11.2. The highest BCUT2D eigenvalue weighted by Gasteiger charge is 2.21. The van der Waals surface area contributed by atoms with Crippen molar-refractivity contribution in [3.8, 4) is 0 Å². The second kappa shape index (κ2) is 6.40. The Morgan fingerprint density at radius 3 is 2.74 bits per heavy atom. The first kappa shape index (κ1) is 14.4. The van der Waals surface area contributed by atoms with E-state index in [1.165, 1.54) is 5.56 Å². The van der Waals surface area contributed by atoms with E-state index in [0.717, 1.165) is 36.5 Å². The molecule has 19 heavy (non-hydrogen) atoms. The number of carbonyl (C=O) groups excluding carboxylic acids is 1. The second-order valence-corrected chi connectivity index (χ2v) is 5.66. The molecule has 1 unspecified atom stereocenters. The first-order valence-corrected chi connectivity index (χ1v) is 7.23. The van der Waals surface area contributed by atoms with Gasteiger partial charge in [-0.2, -0.15) is 0 Å². The van der Waals surface area contributed by atoms with Crippen LogP contribution in [0.1, 0.15) is 49.8 Å². The zero-order valence-corrected chi connectivity index (χ0v) is 12.3. The highest BCUT2D eigenvalue weighted by atomic mass is 35.5. The summed E-state index contributed by atoms with van der Waals surface area (Å²) in [5.41, 5.74) is 2.47. The molecule has 1 amide bonds. The average molecular weight is 281 g/mol. The number of amides is 1. The molecule has 0 saturated carbocycles. The molecule has 0 spiro atoms. The Labute approximate surface area is 119 Å². The Hall–Kier alpha value is -1.06. The Kier molecular flexibility index (Phi) is 4.83. The minimum atomic E-state index is -0.0104. The van der Waals surface area contributed by atoms with E-state index < -0.39 is 0 Å². The van der Waals surface area contributed by atoms with Crippen molar-refractivity contribution in [3.63, 3.8) is 0 Å². The van der Waals surface area contributed by atoms with Crippen LogP contribution in [0, 0.1) is 0 Å². The van der Waals surface area contributed by atoms with E-state index in [1.54, 1.807) is 6.92 Å². The molecule has 1 aliphatic heterocycles. The van der Waals surface area contributed by atoms with E-state index in [9.17, 15) is 4.79 Å². The van der Waals surface area contributed by atoms with Crippen LogP contribution in [0.2, 0.25) is 5.02 Å². The van der Waals surface area contributed by atoms with Crippen LogP contribution < -0.4 is 10.6 Å². The summed E-state index contributed by atoms with van der Waals surface area (Å²) in [4.78, 5) is 11.2. The molecule has 0 aromatic heterocycles. The topological polar surface area (TPSA) is 41.1 Å². The summed E-state index contributed by atoms with van der Waals surface area (Å²) in [6, 6.07) is 6.05. The molecule has 2 rings (SSSR count). The van der Waals surface area contributed by atoms with Gasteiger partial charge in [-0.05, 0) is 62.0 Å². The first-order valence-electron chi connectivity index (χ1n) is 6.85. The van der Waals surface area contributed by atoms with Gasteiger partial charge in [0.25, 0.3) is 0 Å². The third-order valence-electron chi connectivity index (χ3n) is 3.71. The van der Waals surface area contributed by atoms with Crippen LogP contribution in [0.4, 0.5) is 0 Å². The SMILES string of the molecule is CC(=O)NC(C)c1cc(Cl)ccc1C1CCNCC1. The molecule has 1 aromatic rings. The zero-order chi connectivity index (χ0) is 13.8. The maximum absolute atomic E-state index is 11.2. The number of rotatable bonds is 3. The van der Waals surface area contributed by atoms with Crippen LogP contribution in [-0.2, 0) is 4.79 Å². The van der Waals surface area contributed by atoms with Crippen LogP contribution >= 0.6 is 11.6 Å². The molecule has 1 fully saturated rings. The van der Waals surface area contributed by atoms with E-state index in [4.69, 9.17) is 11.6 Å². The fourth-order valence-electron chi connectivity index (χ4n) is 2.81. The molecule has 1 atom stereocenters. The Morgan fingerprint density at radius 2 is 2.11 bits per heavy atom. The van der Waals surface area contributed by atoms with E-state index in [-0.39, 0.29) is 11.9 Å². The number of hydrogen-bond acceptors (Lipinski definition) is 2. The molecule has 3 nitrogen and oxygen atoms in total. The van der Waals surface area contributed by atoms with Crippen LogP contribution in [0.25, 0.3) is 0 Å². The van der Waals surface area contributed by atoms with Gasteiger partial charge in [0.05, 0.1) is 6.04 Å². The minimum Gasteiger partial charge on any atom is -0.350 e. The lowest BCUT2D eigenvalue weighted by Crippen LogP contribution is -2.29. The van der Waals surface area contributed by atoms with Gasteiger partial charge in [-0.25, -0.2) is 0 Å². The monoisotopic (exact) mass is 280 g/mol. The predicted molar refractivity (Wildman–Crippen MR) is 78.5 cm³/mol. The van der Waals surface area contributed by atoms with Crippen molar-refractivity contribution in [1.29, 1.82) is 0 Å². The quantitative estimate of drug-likeness (QED) is 0.894.